The first-order chi connectivity index (χ1) is 9.40. The number of nitrogens with zero attached hydrogens (tertiary/aromatic N) is 2. The highest BCUT2D eigenvalue weighted by Gasteiger charge is 2.35. The van der Waals surface area contributed by atoms with Crippen molar-refractivity contribution in [2.24, 2.45) is 5.92 Å². The molecule has 1 heterocycles. The van der Waals surface area contributed by atoms with Gasteiger partial charge in [0.2, 0.25) is 0 Å². The summed E-state index contributed by atoms with van der Waals surface area (Å²) in [5.41, 5.74) is 0.958. The average molecular weight is 280 g/mol. The maximum atomic E-state index is 13.0. The Balaban J connectivity index is 2.13. The number of piperidine rings is 1. The second kappa shape index (κ2) is 5.69. The minimum Gasteiger partial charge on any atom is -0.465 e. The third kappa shape index (κ3) is 2.86. The Morgan fingerprint density at radius 1 is 1.35 bits per heavy atom. The van der Waals surface area contributed by atoms with Gasteiger partial charge in [0.1, 0.15) is 5.82 Å². The van der Waals surface area contributed by atoms with Gasteiger partial charge >= 0.3 is 6.09 Å². The van der Waals surface area contributed by atoms with Crippen LogP contribution < -0.4 is 4.90 Å². The number of halogens is 1. The largest absolute Gasteiger partial charge is 0.465 e. The van der Waals surface area contributed by atoms with E-state index in [9.17, 15) is 9.18 Å². The summed E-state index contributed by atoms with van der Waals surface area (Å²) in [7, 11) is 1.98. The molecular formula is C15H21FN2O2. The van der Waals surface area contributed by atoms with Crippen LogP contribution in [0.5, 0.6) is 0 Å². The summed E-state index contributed by atoms with van der Waals surface area (Å²) >= 11 is 0. The molecule has 1 unspecified atom stereocenters. The van der Waals surface area contributed by atoms with Gasteiger partial charge in [-0.15, -0.1) is 0 Å². The van der Waals surface area contributed by atoms with E-state index in [2.05, 4.69) is 11.8 Å². The molecule has 0 radical (unpaired) electrons. The molecule has 20 heavy (non-hydrogen) atoms. The first-order valence-electron chi connectivity index (χ1n) is 6.88. The zero-order valence-electron chi connectivity index (χ0n) is 12.1. The summed E-state index contributed by atoms with van der Waals surface area (Å²) in [6.07, 6.45) is -0.0753. The zero-order chi connectivity index (χ0) is 14.9. The van der Waals surface area contributed by atoms with Gasteiger partial charge in [0.25, 0.3) is 0 Å². The lowest BCUT2D eigenvalue weighted by atomic mass is 9.88. The lowest BCUT2D eigenvalue weighted by molar-refractivity contribution is 0.0873. The van der Waals surface area contributed by atoms with Crippen molar-refractivity contribution < 1.29 is 14.3 Å². The summed E-state index contributed by atoms with van der Waals surface area (Å²) in [6, 6.07) is 6.67. The van der Waals surface area contributed by atoms with Crippen molar-refractivity contribution in [3.05, 3.63) is 30.1 Å². The van der Waals surface area contributed by atoms with Gasteiger partial charge in [-0.25, -0.2) is 9.18 Å². The van der Waals surface area contributed by atoms with Crippen LogP contribution >= 0.6 is 0 Å². The normalized spacial score (nSPS) is 26.4. The Bertz CT molecular complexity index is 477. The van der Waals surface area contributed by atoms with Crippen LogP contribution in [-0.4, -0.2) is 41.8 Å². The number of anilines is 1. The number of rotatable bonds is 2. The molecule has 1 fully saturated rings. The molecule has 1 saturated heterocycles. The van der Waals surface area contributed by atoms with Crippen LogP contribution in [0.3, 0.4) is 0 Å². The van der Waals surface area contributed by atoms with Crippen molar-refractivity contribution in [1.29, 1.82) is 0 Å². The number of benzene rings is 1. The van der Waals surface area contributed by atoms with E-state index in [1.165, 1.54) is 17.0 Å². The number of amides is 1. The Kier molecular flexibility index (Phi) is 4.16. The van der Waals surface area contributed by atoms with E-state index in [-0.39, 0.29) is 23.8 Å². The standard InChI is InChI=1S/C15H21FN2O2/c1-10-9-18(15(19)20)11(2)8-14(10)17(3)13-6-4-12(16)5-7-13/h4-7,10-11,14H,8-9H2,1-3H3,(H,19,20)/t10-,11+,14?/m1/s1. The summed E-state index contributed by atoms with van der Waals surface area (Å²) in [6.45, 7) is 4.53. The molecule has 0 spiro atoms. The minimum absolute atomic E-state index is 0.00315. The van der Waals surface area contributed by atoms with Gasteiger partial charge in [-0.2, -0.15) is 0 Å². The van der Waals surface area contributed by atoms with Gasteiger partial charge in [-0.1, -0.05) is 6.92 Å². The van der Waals surface area contributed by atoms with Gasteiger partial charge in [0.05, 0.1) is 0 Å². The predicted molar refractivity (Wildman–Crippen MR) is 76.6 cm³/mol. The number of carboxylic acid groups (broad SMARTS) is 1. The quantitative estimate of drug-likeness (QED) is 0.905. The van der Waals surface area contributed by atoms with E-state index in [1.54, 1.807) is 12.1 Å². The van der Waals surface area contributed by atoms with Crippen molar-refractivity contribution >= 4 is 11.8 Å². The molecule has 110 valence electrons. The molecule has 3 atom stereocenters. The first-order valence-corrected chi connectivity index (χ1v) is 6.88. The fourth-order valence-corrected chi connectivity index (χ4v) is 3.00. The Morgan fingerprint density at radius 2 is 1.95 bits per heavy atom. The number of hydrogen-bond donors (Lipinski definition) is 1. The van der Waals surface area contributed by atoms with Gasteiger partial charge in [-0.3, -0.25) is 0 Å². The third-order valence-corrected chi connectivity index (χ3v) is 4.23. The first kappa shape index (κ1) is 14.6. The van der Waals surface area contributed by atoms with Crippen LogP contribution in [0, 0.1) is 11.7 Å². The molecular weight excluding hydrogens is 259 g/mol. The maximum Gasteiger partial charge on any atom is 0.407 e. The molecule has 0 bridgehead atoms. The molecule has 0 aromatic heterocycles. The highest BCUT2D eigenvalue weighted by atomic mass is 19.1. The van der Waals surface area contributed by atoms with Gasteiger partial charge in [0.15, 0.2) is 0 Å². The Labute approximate surface area is 118 Å². The molecule has 4 nitrogen and oxygen atoms in total. The Hall–Kier alpha value is -1.78. The molecule has 5 heteroatoms. The molecule has 1 amide bonds. The number of hydrogen-bond acceptors (Lipinski definition) is 2. The fourth-order valence-electron chi connectivity index (χ4n) is 3.00. The van der Waals surface area contributed by atoms with Gasteiger partial charge < -0.3 is 14.9 Å². The summed E-state index contributed by atoms with van der Waals surface area (Å²) in [5, 5.41) is 9.17. The smallest absolute Gasteiger partial charge is 0.407 e. The van der Waals surface area contributed by atoms with Crippen LogP contribution in [0.2, 0.25) is 0 Å². The van der Waals surface area contributed by atoms with E-state index in [0.717, 1.165) is 12.1 Å². The Morgan fingerprint density at radius 3 is 2.50 bits per heavy atom. The lowest BCUT2D eigenvalue weighted by Gasteiger charge is -2.44. The van der Waals surface area contributed by atoms with E-state index < -0.39 is 6.09 Å². The summed E-state index contributed by atoms with van der Waals surface area (Å²) in [4.78, 5) is 14.8. The molecule has 1 aromatic rings. The SMILES string of the molecule is C[C@@H]1CN(C(=O)O)[C@@H](C)CC1N(C)c1ccc(F)cc1. The molecule has 1 aromatic carbocycles. The number of carbonyl (C=O) groups is 1. The molecule has 1 aliphatic heterocycles. The van der Waals surface area contributed by atoms with Crippen LogP contribution in [0.1, 0.15) is 20.3 Å². The highest BCUT2D eigenvalue weighted by Crippen LogP contribution is 2.29. The van der Waals surface area contributed by atoms with Crippen molar-refractivity contribution in [3.63, 3.8) is 0 Å². The zero-order valence-corrected chi connectivity index (χ0v) is 12.1. The topological polar surface area (TPSA) is 43.8 Å². The number of likely N-dealkylation sites (tertiary alicyclic amines) is 1. The lowest BCUT2D eigenvalue weighted by Crippen LogP contribution is -2.54. The van der Waals surface area contributed by atoms with Crippen LogP contribution in [0.25, 0.3) is 0 Å². The molecule has 1 aliphatic rings. The average Bonchev–Trinajstić information content (AvgIpc) is 2.40. The molecule has 0 saturated carbocycles. The fraction of sp³-hybridized carbons (Fsp3) is 0.533. The van der Waals surface area contributed by atoms with E-state index in [1.807, 2.05) is 14.0 Å². The van der Waals surface area contributed by atoms with E-state index >= 15 is 0 Å². The summed E-state index contributed by atoms with van der Waals surface area (Å²) in [5.74, 6) is -0.0124. The van der Waals surface area contributed by atoms with Gasteiger partial charge in [-0.05, 0) is 43.5 Å². The summed E-state index contributed by atoms with van der Waals surface area (Å²) < 4.78 is 13.0. The van der Waals surface area contributed by atoms with Crippen molar-refractivity contribution in [1.82, 2.24) is 4.90 Å². The second-order valence-corrected chi connectivity index (χ2v) is 5.65. The highest BCUT2D eigenvalue weighted by molar-refractivity contribution is 5.65. The van der Waals surface area contributed by atoms with Crippen molar-refractivity contribution in [3.8, 4) is 0 Å². The van der Waals surface area contributed by atoms with Crippen molar-refractivity contribution in [2.45, 2.75) is 32.4 Å². The van der Waals surface area contributed by atoms with E-state index in [0.29, 0.717) is 6.54 Å². The van der Waals surface area contributed by atoms with Crippen LogP contribution in [0.4, 0.5) is 14.9 Å². The predicted octanol–water partition coefficient (Wildman–Crippen LogP) is 3.04. The third-order valence-electron chi connectivity index (χ3n) is 4.23. The molecule has 1 N–H and O–H groups in total. The van der Waals surface area contributed by atoms with E-state index in [4.69, 9.17) is 5.11 Å². The second-order valence-electron chi connectivity index (χ2n) is 5.65. The van der Waals surface area contributed by atoms with Crippen LogP contribution in [0.15, 0.2) is 24.3 Å². The molecule has 0 aliphatic carbocycles. The minimum atomic E-state index is -0.854. The molecule has 2 rings (SSSR count). The van der Waals surface area contributed by atoms with Crippen LogP contribution in [-0.2, 0) is 0 Å². The van der Waals surface area contributed by atoms with Crippen molar-refractivity contribution in [2.75, 3.05) is 18.5 Å². The maximum absolute atomic E-state index is 13.0. The van der Waals surface area contributed by atoms with Gasteiger partial charge in [0, 0.05) is 31.4 Å². The monoisotopic (exact) mass is 280 g/mol.